The van der Waals surface area contributed by atoms with E-state index in [4.69, 9.17) is 9.84 Å². The zero-order valence-electron chi connectivity index (χ0n) is 19.0. The smallest absolute Gasteiger partial charge is 0.171 e. The molecule has 0 aromatic heterocycles. The van der Waals surface area contributed by atoms with E-state index < -0.39 is 18.4 Å². The van der Waals surface area contributed by atoms with Crippen LogP contribution in [0.5, 0.6) is 0 Å². The second kappa shape index (κ2) is 12.3. The number of hydrogen-bond acceptors (Lipinski definition) is 9. The molecule has 0 radical (unpaired) electrons. The molecule has 3 atom stereocenters. The largest absolute Gasteiger partial charge is 0.400 e. The van der Waals surface area contributed by atoms with Crippen molar-refractivity contribution in [2.45, 2.75) is 24.9 Å². The molecule has 2 aliphatic rings. The molecule has 4 rings (SSSR count). The minimum absolute atomic E-state index is 0.124. The Morgan fingerprint density at radius 3 is 2.55 bits per heavy atom. The van der Waals surface area contributed by atoms with Crippen LogP contribution in [0.2, 0.25) is 0 Å². The lowest BCUT2D eigenvalue weighted by Gasteiger charge is -2.34. The van der Waals surface area contributed by atoms with E-state index in [1.54, 1.807) is 0 Å². The highest BCUT2D eigenvalue weighted by atomic mass is 32.2. The van der Waals surface area contributed by atoms with E-state index in [1.807, 2.05) is 12.1 Å². The Bertz CT molecular complexity index is 988. The standard InChI is InChI=1S/C23H28N4O3S.CH4O/c1-26-6-8-27(9-7-26)19-5-4-17-10-16(2-3-18(17)12-19)11-21(14-24)31-25-22-13-20(28)15-30-23(22)29;1-2/h2-5,10-12,20,22-23,25,28-29H,6-9,13,15H2,1H3;2H,1H3/b21-11+;. The maximum absolute atomic E-state index is 9.89. The molecule has 2 aliphatic heterocycles. The third-order valence-electron chi connectivity index (χ3n) is 5.77. The van der Waals surface area contributed by atoms with Crippen molar-refractivity contribution in [2.24, 2.45) is 0 Å². The van der Waals surface area contributed by atoms with Gasteiger partial charge in [-0.1, -0.05) is 18.2 Å². The van der Waals surface area contributed by atoms with Gasteiger partial charge in [-0.2, -0.15) is 5.26 Å². The lowest BCUT2D eigenvalue weighted by molar-refractivity contribution is -0.168. The van der Waals surface area contributed by atoms with Crippen LogP contribution in [0.25, 0.3) is 16.8 Å². The lowest BCUT2D eigenvalue weighted by Crippen LogP contribution is -2.46. The van der Waals surface area contributed by atoms with Gasteiger partial charge in [0.2, 0.25) is 0 Å². The summed E-state index contributed by atoms with van der Waals surface area (Å²) in [6.45, 7) is 4.35. The first-order valence-electron chi connectivity index (χ1n) is 11.0. The van der Waals surface area contributed by atoms with Crippen molar-refractivity contribution in [3.05, 3.63) is 46.9 Å². The summed E-state index contributed by atoms with van der Waals surface area (Å²) >= 11 is 1.14. The average molecular weight is 473 g/mol. The molecule has 0 spiro atoms. The summed E-state index contributed by atoms with van der Waals surface area (Å²) in [5, 5.41) is 38.4. The van der Waals surface area contributed by atoms with E-state index >= 15 is 0 Å². The maximum atomic E-state index is 9.89. The van der Waals surface area contributed by atoms with Gasteiger partial charge in [0, 0.05) is 39.0 Å². The van der Waals surface area contributed by atoms with Gasteiger partial charge in [-0.25, -0.2) is 0 Å². The molecule has 178 valence electrons. The Balaban J connectivity index is 0.00000149. The van der Waals surface area contributed by atoms with Crippen LogP contribution in [-0.4, -0.2) is 85.6 Å². The van der Waals surface area contributed by atoms with E-state index in [9.17, 15) is 15.5 Å². The highest BCUT2D eigenvalue weighted by molar-refractivity contribution is 8.01. The van der Waals surface area contributed by atoms with Gasteiger partial charge in [0.1, 0.15) is 11.0 Å². The van der Waals surface area contributed by atoms with Crippen LogP contribution in [0, 0.1) is 11.3 Å². The third kappa shape index (κ3) is 6.91. The van der Waals surface area contributed by atoms with Crippen LogP contribution in [0.1, 0.15) is 12.0 Å². The fourth-order valence-electron chi connectivity index (χ4n) is 3.89. The molecule has 9 heteroatoms. The molecule has 0 bridgehead atoms. The van der Waals surface area contributed by atoms with Crippen LogP contribution in [0.3, 0.4) is 0 Å². The molecule has 2 fully saturated rings. The van der Waals surface area contributed by atoms with Crippen LogP contribution in [-0.2, 0) is 4.74 Å². The Hall–Kier alpha value is -2.16. The van der Waals surface area contributed by atoms with Gasteiger partial charge in [-0.05, 0) is 66.0 Å². The number of aliphatic hydroxyl groups excluding tert-OH is 3. The monoisotopic (exact) mass is 472 g/mol. The number of nitriles is 1. The van der Waals surface area contributed by atoms with Gasteiger partial charge in [0.25, 0.3) is 0 Å². The van der Waals surface area contributed by atoms with E-state index in [0.717, 1.165) is 56.2 Å². The highest BCUT2D eigenvalue weighted by Crippen LogP contribution is 2.26. The first-order chi connectivity index (χ1) is 16.0. The zero-order valence-corrected chi connectivity index (χ0v) is 19.8. The summed E-state index contributed by atoms with van der Waals surface area (Å²) in [6.07, 6.45) is 0.578. The predicted octanol–water partition coefficient (Wildman–Crippen LogP) is 1.77. The molecular weight excluding hydrogens is 440 g/mol. The third-order valence-corrected chi connectivity index (χ3v) is 6.62. The summed E-state index contributed by atoms with van der Waals surface area (Å²) in [6, 6.07) is 14.4. The van der Waals surface area contributed by atoms with Gasteiger partial charge >= 0.3 is 0 Å². The van der Waals surface area contributed by atoms with Crippen LogP contribution in [0.15, 0.2) is 41.3 Å². The number of hydrogen-bond donors (Lipinski definition) is 4. The number of nitrogens with one attached hydrogen (secondary N) is 1. The van der Waals surface area contributed by atoms with Crippen molar-refractivity contribution in [1.82, 2.24) is 9.62 Å². The summed E-state index contributed by atoms with van der Waals surface area (Å²) < 4.78 is 8.15. The summed E-state index contributed by atoms with van der Waals surface area (Å²) in [5.41, 5.74) is 2.18. The SMILES string of the molecule is CN1CCN(c2ccc3cc(/C=C(\C#N)SNC4CC(O)COC4O)ccc3c2)CC1.CO. The summed E-state index contributed by atoms with van der Waals surface area (Å²) in [5.74, 6) is 0. The predicted molar refractivity (Wildman–Crippen MR) is 132 cm³/mol. The molecule has 3 unspecified atom stereocenters. The molecule has 0 aliphatic carbocycles. The van der Waals surface area contributed by atoms with Gasteiger partial charge in [0.15, 0.2) is 6.29 Å². The first kappa shape index (κ1) is 25.5. The van der Waals surface area contributed by atoms with Crippen molar-refractivity contribution < 1.29 is 20.1 Å². The van der Waals surface area contributed by atoms with Gasteiger partial charge in [0.05, 0.1) is 18.8 Å². The lowest BCUT2D eigenvalue weighted by atomic mass is 10.1. The van der Waals surface area contributed by atoms with Crippen molar-refractivity contribution >= 4 is 34.5 Å². The fraction of sp³-hybridized carbons (Fsp3) is 0.458. The molecule has 4 N–H and O–H groups in total. The second-order valence-corrected chi connectivity index (χ2v) is 9.02. The minimum atomic E-state index is -0.994. The van der Waals surface area contributed by atoms with Crippen molar-refractivity contribution in [3.63, 3.8) is 0 Å². The Morgan fingerprint density at radius 1 is 1.12 bits per heavy atom. The molecule has 2 saturated heterocycles. The van der Waals surface area contributed by atoms with E-state index in [1.165, 1.54) is 11.1 Å². The van der Waals surface area contributed by atoms with Crippen molar-refractivity contribution in [3.8, 4) is 6.07 Å². The number of aliphatic hydroxyl groups is 3. The Labute approximate surface area is 199 Å². The number of benzene rings is 2. The van der Waals surface area contributed by atoms with E-state index in [0.29, 0.717) is 11.3 Å². The molecule has 0 amide bonds. The normalized spacial score (nSPS) is 24.2. The maximum Gasteiger partial charge on any atom is 0.171 e. The topological polar surface area (TPSA) is 112 Å². The number of nitrogens with zero attached hydrogens (tertiary/aromatic N) is 3. The summed E-state index contributed by atoms with van der Waals surface area (Å²) in [7, 11) is 3.16. The Kier molecular flexibility index (Phi) is 9.52. The number of allylic oxidation sites excluding steroid dienone is 1. The minimum Gasteiger partial charge on any atom is -0.400 e. The average Bonchev–Trinajstić information content (AvgIpc) is 2.85. The number of fused-ring (bicyclic) bond motifs is 1. The van der Waals surface area contributed by atoms with Crippen LogP contribution >= 0.6 is 11.9 Å². The Morgan fingerprint density at radius 2 is 1.82 bits per heavy atom. The van der Waals surface area contributed by atoms with Gasteiger partial charge < -0.3 is 29.9 Å². The van der Waals surface area contributed by atoms with Gasteiger partial charge in [-0.3, -0.25) is 4.72 Å². The van der Waals surface area contributed by atoms with E-state index in [2.05, 4.69) is 58.0 Å². The first-order valence-corrected chi connectivity index (χ1v) is 11.8. The number of anilines is 1. The van der Waals surface area contributed by atoms with Crippen LogP contribution in [0.4, 0.5) is 5.69 Å². The number of likely N-dealkylation sites (N-methyl/N-ethyl adjacent to an activating group) is 1. The van der Waals surface area contributed by atoms with Crippen molar-refractivity contribution in [2.75, 3.05) is 51.8 Å². The second-order valence-electron chi connectivity index (χ2n) is 8.14. The highest BCUT2D eigenvalue weighted by Gasteiger charge is 2.29. The van der Waals surface area contributed by atoms with Gasteiger partial charge in [-0.15, -0.1) is 0 Å². The molecule has 33 heavy (non-hydrogen) atoms. The molecule has 0 saturated carbocycles. The van der Waals surface area contributed by atoms with Crippen LogP contribution < -0.4 is 9.62 Å². The molecule has 8 nitrogen and oxygen atoms in total. The molecule has 2 aromatic rings. The number of ether oxygens (including phenoxy) is 1. The molecule has 2 aromatic carbocycles. The molecule has 2 heterocycles. The fourth-order valence-corrected chi connectivity index (χ4v) is 4.62. The summed E-state index contributed by atoms with van der Waals surface area (Å²) in [4.78, 5) is 5.24. The molecular formula is C24H32N4O4S. The van der Waals surface area contributed by atoms with E-state index in [-0.39, 0.29) is 6.61 Å². The zero-order chi connectivity index (χ0) is 23.8. The van der Waals surface area contributed by atoms with Crippen molar-refractivity contribution in [1.29, 1.82) is 5.26 Å². The number of piperazine rings is 1. The quantitative estimate of drug-likeness (QED) is 0.382. The number of rotatable bonds is 5.